The lowest BCUT2D eigenvalue weighted by molar-refractivity contribution is 0.174. The Labute approximate surface area is 177 Å². The zero-order valence-electron chi connectivity index (χ0n) is 16.5. The van der Waals surface area contributed by atoms with Crippen LogP contribution >= 0.6 is 11.6 Å². The minimum atomic E-state index is -0.370. The molecule has 0 unspecified atom stereocenters. The van der Waals surface area contributed by atoms with Gasteiger partial charge in [0.2, 0.25) is 6.79 Å². The van der Waals surface area contributed by atoms with E-state index in [9.17, 15) is 15.3 Å². The molecule has 4 rings (SSSR count). The lowest BCUT2D eigenvalue weighted by Gasteiger charge is -2.21. The summed E-state index contributed by atoms with van der Waals surface area (Å²) >= 11 is 6.62. The molecule has 1 aliphatic heterocycles. The smallest absolute Gasteiger partial charge is 0.231 e. The van der Waals surface area contributed by atoms with E-state index in [0.29, 0.717) is 66.6 Å². The fourth-order valence-electron chi connectivity index (χ4n) is 3.87. The number of fused-ring (bicyclic) bond motifs is 2. The molecule has 0 bridgehead atoms. The zero-order chi connectivity index (χ0) is 21.4. The molecule has 0 spiro atoms. The van der Waals surface area contributed by atoms with Gasteiger partial charge in [0.1, 0.15) is 0 Å². The standard InChI is InChI=1S/C22H21ClO7/c1-27-17-5-13-14(6-18(17)28-2)22(23)16(9-26)15(8-25)21(13)12-4-20-19(29-10-30-20)3-11(12)7-24/h3-6,24-26H,7-10H2,1-2H3. The van der Waals surface area contributed by atoms with Gasteiger partial charge in [0.25, 0.3) is 0 Å². The third kappa shape index (κ3) is 3.11. The number of hydrogen-bond donors (Lipinski definition) is 3. The maximum absolute atomic E-state index is 10.2. The molecular weight excluding hydrogens is 412 g/mol. The lowest BCUT2D eigenvalue weighted by atomic mass is 9.87. The van der Waals surface area contributed by atoms with Gasteiger partial charge in [0.15, 0.2) is 23.0 Å². The first-order valence-electron chi connectivity index (χ1n) is 9.22. The number of rotatable bonds is 6. The van der Waals surface area contributed by atoms with Crippen molar-refractivity contribution in [1.82, 2.24) is 0 Å². The third-order valence-electron chi connectivity index (χ3n) is 5.31. The van der Waals surface area contributed by atoms with Crippen molar-refractivity contribution >= 4 is 22.4 Å². The molecule has 7 nitrogen and oxygen atoms in total. The molecule has 3 aromatic carbocycles. The summed E-state index contributed by atoms with van der Waals surface area (Å²) in [7, 11) is 3.05. The number of aliphatic hydroxyl groups is 3. The van der Waals surface area contributed by atoms with Gasteiger partial charge in [-0.15, -0.1) is 0 Å². The number of benzene rings is 3. The second-order valence-corrected chi connectivity index (χ2v) is 7.11. The zero-order valence-corrected chi connectivity index (χ0v) is 17.2. The van der Waals surface area contributed by atoms with E-state index < -0.39 is 0 Å². The summed E-state index contributed by atoms with van der Waals surface area (Å²) in [4.78, 5) is 0. The van der Waals surface area contributed by atoms with Crippen molar-refractivity contribution in [3.8, 4) is 34.1 Å². The summed E-state index contributed by atoms with van der Waals surface area (Å²) in [6, 6.07) is 6.96. The SMILES string of the molecule is COc1cc2c(Cl)c(CO)c(CO)c(-c3cc4c(cc3CO)OCO4)c2cc1OC. The number of hydrogen-bond acceptors (Lipinski definition) is 7. The van der Waals surface area contributed by atoms with Crippen LogP contribution in [0.15, 0.2) is 24.3 Å². The second kappa shape index (κ2) is 8.20. The van der Waals surface area contributed by atoms with Gasteiger partial charge < -0.3 is 34.3 Å². The fraction of sp³-hybridized carbons (Fsp3) is 0.273. The van der Waals surface area contributed by atoms with Crippen molar-refractivity contribution in [1.29, 1.82) is 0 Å². The van der Waals surface area contributed by atoms with Crippen LogP contribution in [0, 0.1) is 0 Å². The Morgan fingerprint density at radius 2 is 1.43 bits per heavy atom. The molecule has 0 atom stereocenters. The topological polar surface area (TPSA) is 97.6 Å². The number of ether oxygens (including phenoxy) is 4. The summed E-state index contributed by atoms with van der Waals surface area (Å²) in [6.45, 7) is -0.910. The maximum atomic E-state index is 10.2. The Balaban J connectivity index is 2.17. The van der Waals surface area contributed by atoms with E-state index in [1.54, 1.807) is 24.3 Å². The van der Waals surface area contributed by atoms with Gasteiger partial charge in [-0.05, 0) is 51.9 Å². The van der Waals surface area contributed by atoms with Gasteiger partial charge in [-0.25, -0.2) is 0 Å². The van der Waals surface area contributed by atoms with E-state index in [1.165, 1.54) is 14.2 Å². The van der Waals surface area contributed by atoms with Crippen LogP contribution in [0.5, 0.6) is 23.0 Å². The molecule has 3 aromatic rings. The van der Waals surface area contributed by atoms with Gasteiger partial charge in [-0.2, -0.15) is 0 Å². The molecule has 158 valence electrons. The molecule has 1 aliphatic rings. The van der Waals surface area contributed by atoms with Crippen LogP contribution in [0.25, 0.3) is 21.9 Å². The normalized spacial score (nSPS) is 12.5. The minimum Gasteiger partial charge on any atom is -0.493 e. The first-order chi connectivity index (χ1) is 14.6. The quantitative estimate of drug-likeness (QED) is 0.549. The Kier molecular flexibility index (Phi) is 5.62. The van der Waals surface area contributed by atoms with E-state index in [-0.39, 0.29) is 26.6 Å². The average Bonchev–Trinajstić information content (AvgIpc) is 3.24. The summed E-state index contributed by atoms with van der Waals surface area (Å²) in [5.74, 6) is 2.02. The van der Waals surface area contributed by atoms with Crippen LogP contribution in [0.1, 0.15) is 16.7 Å². The molecule has 0 amide bonds. The van der Waals surface area contributed by atoms with Gasteiger partial charge in [-0.3, -0.25) is 0 Å². The lowest BCUT2D eigenvalue weighted by Crippen LogP contribution is -2.03. The highest BCUT2D eigenvalue weighted by atomic mass is 35.5. The average molecular weight is 433 g/mol. The van der Waals surface area contributed by atoms with E-state index in [2.05, 4.69) is 0 Å². The minimum absolute atomic E-state index is 0.0881. The molecule has 0 aromatic heterocycles. The van der Waals surface area contributed by atoms with Gasteiger partial charge >= 0.3 is 0 Å². The van der Waals surface area contributed by atoms with Gasteiger partial charge in [0.05, 0.1) is 39.1 Å². The maximum Gasteiger partial charge on any atom is 0.231 e. The monoisotopic (exact) mass is 432 g/mol. The molecule has 1 heterocycles. The molecule has 0 aliphatic carbocycles. The Morgan fingerprint density at radius 1 is 0.833 bits per heavy atom. The van der Waals surface area contributed by atoms with Crippen LogP contribution in [0.4, 0.5) is 0 Å². The molecule has 0 radical (unpaired) electrons. The van der Waals surface area contributed by atoms with Crippen LogP contribution < -0.4 is 18.9 Å². The highest BCUT2D eigenvalue weighted by Crippen LogP contribution is 2.47. The molecule has 0 fully saturated rings. The van der Waals surface area contributed by atoms with Gasteiger partial charge in [0, 0.05) is 10.9 Å². The number of aliphatic hydroxyl groups excluding tert-OH is 3. The van der Waals surface area contributed by atoms with E-state index in [0.717, 1.165) is 0 Å². The summed E-state index contributed by atoms with van der Waals surface area (Å²) in [5.41, 5.74) is 2.68. The molecule has 30 heavy (non-hydrogen) atoms. The largest absolute Gasteiger partial charge is 0.493 e. The molecule has 3 N–H and O–H groups in total. The van der Waals surface area contributed by atoms with Gasteiger partial charge in [-0.1, -0.05) is 11.6 Å². The van der Waals surface area contributed by atoms with Crippen LogP contribution in [-0.4, -0.2) is 36.3 Å². The van der Waals surface area contributed by atoms with E-state index in [1.807, 2.05) is 0 Å². The van der Waals surface area contributed by atoms with Crippen molar-refractivity contribution in [2.45, 2.75) is 19.8 Å². The van der Waals surface area contributed by atoms with Crippen LogP contribution in [0.3, 0.4) is 0 Å². The Hall–Kier alpha value is -2.71. The number of halogens is 1. The highest BCUT2D eigenvalue weighted by Gasteiger charge is 2.25. The predicted molar refractivity (Wildman–Crippen MR) is 111 cm³/mol. The van der Waals surface area contributed by atoms with Crippen LogP contribution in [-0.2, 0) is 19.8 Å². The van der Waals surface area contributed by atoms with Crippen molar-refractivity contribution in [2.75, 3.05) is 21.0 Å². The molecule has 0 saturated carbocycles. The molecular formula is C22H21ClO7. The van der Waals surface area contributed by atoms with Crippen molar-refractivity contribution in [3.63, 3.8) is 0 Å². The molecule has 0 saturated heterocycles. The summed E-state index contributed by atoms with van der Waals surface area (Å²) in [6.07, 6.45) is 0. The fourth-order valence-corrected chi connectivity index (χ4v) is 4.20. The van der Waals surface area contributed by atoms with E-state index in [4.69, 9.17) is 30.5 Å². The van der Waals surface area contributed by atoms with E-state index >= 15 is 0 Å². The first-order valence-corrected chi connectivity index (χ1v) is 9.60. The van der Waals surface area contributed by atoms with Crippen molar-refractivity contribution < 1.29 is 34.3 Å². The summed E-state index contributed by atoms with van der Waals surface area (Å²) < 4.78 is 21.8. The Morgan fingerprint density at radius 3 is 2.00 bits per heavy atom. The second-order valence-electron chi connectivity index (χ2n) is 6.74. The van der Waals surface area contributed by atoms with Crippen molar-refractivity contribution in [3.05, 3.63) is 46.0 Å². The highest BCUT2D eigenvalue weighted by molar-refractivity contribution is 6.37. The molecule has 8 heteroatoms. The Bertz CT molecular complexity index is 1130. The van der Waals surface area contributed by atoms with Crippen molar-refractivity contribution in [2.24, 2.45) is 0 Å². The number of methoxy groups -OCH3 is 2. The third-order valence-corrected chi connectivity index (χ3v) is 5.75. The first kappa shape index (κ1) is 20.6. The summed E-state index contributed by atoms with van der Waals surface area (Å²) in [5, 5.41) is 31.9. The predicted octanol–water partition coefficient (Wildman–Crippen LogP) is 3.38. The van der Waals surface area contributed by atoms with Crippen LogP contribution in [0.2, 0.25) is 5.02 Å².